The minimum Gasteiger partial charge on any atom is -0.465 e. The molecular weight excluding hydrogens is 441 g/mol. The van der Waals surface area contributed by atoms with Gasteiger partial charge in [0.05, 0.1) is 23.1 Å². The van der Waals surface area contributed by atoms with Gasteiger partial charge < -0.3 is 10.1 Å². The van der Waals surface area contributed by atoms with Crippen LogP contribution in [-0.4, -0.2) is 33.9 Å². The van der Waals surface area contributed by atoms with E-state index in [1.54, 1.807) is 29.6 Å². The number of methoxy groups -OCH3 is 1. The standard InChI is InChI=1S/C22H20FNO5S2/c1-14-12-15(9-10-18(14)23)31(27,28)20(19-8-5-11-30-19)13-24-21(25)16-6-3-4-7-17(16)22(26)29-2/h3-12,20H,13H2,1-2H3,(H,24,25). The van der Waals surface area contributed by atoms with Crippen molar-refractivity contribution in [2.24, 2.45) is 0 Å². The van der Waals surface area contributed by atoms with Crippen molar-refractivity contribution in [3.8, 4) is 0 Å². The van der Waals surface area contributed by atoms with Crippen LogP contribution in [0.15, 0.2) is 64.9 Å². The first-order valence-corrected chi connectivity index (χ1v) is 11.7. The fourth-order valence-electron chi connectivity index (χ4n) is 3.05. The Balaban J connectivity index is 1.91. The molecule has 0 saturated carbocycles. The number of hydrogen-bond donors (Lipinski definition) is 1. The molecule has 0 aliphatic carbocycles. The Bertz CT molecular complexity index is 1210. The van der Waals surface area contributed by atoms with E-state index in [-0.39, 0.29) is 28.1 Å². The van der Waals surface area contributed by atoms with Crippen molar-refractivity contribution >= 4 is 33.1 Å². The molecule has 0 aliphatic heterocycles. The molecule has 3 aromatic rings. The quantitative estimate of drug-likeness (QED) is 0.425. The third-order valence-corrected chi connectivity index (χ3v) is 7.93. The Labute approximate surface area is 183 Å². The van der Waals surface area contributed by atoms with Gasteiger partial charge in [0.2, 0.25) is 0 Å². The summed E-state index contributed by atoms with van der Waals surface area (Å²) in [5.74, 6) is -1.78. The van der Waals surface area contributed by atoms with E-state index in [1.807, 2.05) is 0 Å². The lowest BCUT2D eigenvalue weighted by molar-refractivity contribution is 0.0596. The molecular formula is C22H20FNO5S2. The first-order chi connectivity index (χ1) is 14.8. The fourth-order valence-corrected chi connectivity index (χ4v) is 5.91. The third-order valence-electron chi connectivity index (χ3n) is 4.72. The van der Waals surface area contributed by atoms with Crippen LogP contribution in [0.2, 0.25) is 0 Å². The number of carbonyl (C=O) groups is 2. The van der Waals surface area contributed by atoms with E-state index in [0.717, 1.165) is 6.07 Å². The molecule has 1 heterocycles. The van der Waals surface area contributed by atoms with Crippen LogP contribution in [0.4, 0.5) is 4.39 Å². The number of amides is 1. The molecule has 1 N–H and O–H groups in total. The van der Waals surface area contributed by atoms with E-state index >= 15 is 0 Å². The van der Waals surface area contributed by atoms with Crippen LogP contribution < -0.4 is 5.32 Å². The summed E-state index contributed by atoms with van der Waals surface area (Å²) in [6, 6.07) is 13.1. The number of nitrogens with one attached hydrogen (secondary N) is 1. The van der Waals surface area contributed by atoms with Crippen LogP contribution in [0.1, 0.15) is 36.4 Å². The van der Waals surface area contributed by atoms with Gasteiger partial charge in [-0.1, -0.05) is 18.2 Å². The highest BCUT2D eigenvalue weighted by Gasteiger charge is 2.31. The molecule has 6 nitrogen and oxygen atoms in total. The third kappa shape index (κ3) is 4.83. The second-order valence-electron chi connectivity index (χ2n) is 6.71. The zero-order chi connectivity index (χ0) is 22.6. The van der Waals surface area contributed by atoms with Crippen LogP contribution in [0, 0.1) is 12.7 Å². The Morgan fingerprint density at radius 1 is 1.10 bits per heavy atom. The summed E-state index contributed by atoms with van der Waals surface area (Å²) >= 11 is 1.24. The van der Waals surface area contributed by atoms with Gasteiger partial charge in [0.1, 0.15) is 11.1 Å². The summed E-state index contributed by atoms with van der Waals surface area (Å²) in [7, 11) is -2.73. The Morgan fingerprint density at radius 3 is 2.42 bits per heavy atom. The Hall–Kier alpha value is -3.04. The van der Waals surface area contributed by atoms with Crippen LogP contribution in [0.25, 0.3) is 0 Å². The van der Waals surface area contributed by atoms with Crippen LogP contribution in [0.5, 0.6) is 0 Å². The van der Waals surface area contributed by atoms with Crippen LogP contribution >= 0.6 is 11.3 Å². The monoisotopic (exact) mass is 461 g/mol. The van der Waals surface area contributed by atoms with E-state index < -0.39 is 32.8 Å². The maximum atomic E-state index is 13.6. The van der Waals surface area contributed by atoms with Crippen molar-refractivity contribution in [3.63, 3.8) is 0 Å². The number of benzene rings is 2. The van der Waals surface area contributed by atoms with Gasteiger partial charge in [-0.3, -0.25) is 4.79 Å². The molecule has 162 valence electrons. The number of aryl methyl sites for hydroxylation is 1. The van der Waals surface area contributed by atoms with Crippen molar-refractivity contribution in [1.82, 2.24) is 5.32 Å². The summed E-state index contributed by atoms with van der Waals surface area (Å²) < 4.78 is 45.0. The average Bonchev–Trinajstić information content (AvgIpc) is 3.29. The predicted octanol–water partition coefficient (Wildman–Crippen LogP) is 3.93. The molecule has 9 heteroatoms. The van der Waals surface area contributed by atoms with Gasteiger partial charge in [0.15, 0.2) is 9.84 Å². The van der Waals surface area contributed by atoms with Crippen LogP contribution in [0.3, 0.4) is 0 Å². The molecule has 0 saturated heterocycles. The van der Waals surface area contributed by atoms with Gasteiger partial charge in [-0.25, -0.2) is 17.6 Å². The van der Waals surface area contributed by atoms with Gasteiger partial charge in [0.25, 0.3) is 5.91 Å². The normalized spacial score (nSPS) is 12.2. The smallest absolute Gasteiger partial charge is 0.338 e. The predicted molar refractivity (Wildman–Crippen MR) is 115 cm³/mol. The fraction of sp³-hybridized carbons (Fsp3) is 0.182. The first kappa shape index (κ1) is 22.6. The highest BCUT2D eigenvalue weighted by molar-refractivity contribution is 7.91. The molecule has 1 aromatic heterocycles. The molecule has 0 bridgehead atoms. The number of thiophene rings is 1. The van der Waals surface area contributed by atoms with Gasteiger partial charge in [0, 0.05) is 11.4 Å². The van der Waals surface area contributed by atoms with Crippen molar-refractivity contribution in [3.05, 3.63) is 87.4 Å². The summed E-state index contributed by atoms with van der Waals surface area (Å²) in [6.07, 6.45) is 0. The van der Waals surface area contributed by atoms with Crippen LogP contribution in [-0.2, 0) is 14.6 Å². The molecule has 1 unspecified atom stereocenters. The number of ether oxygens (including phenoxy) is 1. The van der Waals surface area contributed by atoms with Gasteiger partial charge in [-0.05, 0) is 54.3 Å². The van der Waals surface area contributed by atoms with Crippen molar-refractivity contribution in [2.45, 2.75) is 17.1 Å². The SMILES string of the molecule is COC(=O)c1ccccc1C(=O)NCC(c1cccs1)S(=O)(=O)c1ccc(F)c(C)c1. The molecule has 0 spiro atoms. The highest BCUT2D eigenvalue weighted by atomic mass is 32.2. The highest BCUT2D eigenvalue weighted by Crippen LogP contribution is 2.32. The van der Waals surface area contributed by atoms with Gasteiger partial charge in [-0.15, -0.1) is 11.3 Å². The molecule has 31 heavy (non-hydrogen) atoms. The molecule has 0 fully saturated rings. The number of esters is 1. The van der Waals surface area contributed by atoms with E-state index in [9.17, 15) is 22.4 Å². The molecule has 3 rings (SSSR count). The van der Waals surface area contributed by atoms with Crippen molar-refractivity contribution in [1.29, 1.82) is 0 Å². The molecule has 0 radical (unpaired) electrons. The Kier molecular flexibility index (Phi) is 6.87. The molecule has 1 atom stereocenters. The minimum absolute atomic E-state index is 0.0333. The van der Waals surface area contributed by atoms with E-state index in [0.29, 0.717) is 4.88 Å². The number of hydrogen-bond acceptors (Lipinski definition) is 6. The number of sulfone groups is 1. The number of rotatable bonds is 7. The largest absolute Gasteiger partial charge is 0.465 e. The van der Waals surface area contributed by atoms with E-state index in [4.69, 9.17) is 4.74 Å². The number of halogens is 1. The first-order valence-electron chi connectivity index (χ1n) is 9.24. The van der Waals surface area contributed by atoms with Crippen molar-refractivity contribution < 1.29 is 27.1 Å². The lowest BCUT2D eigenvalue weighted by atomic mass is 10.1. The molecule has 1 amide bonds. The molecule has 2 aromatic carbocycles. The van der Waals surface area contributed by atoms with E-state index in [2.05, 4.69) is 5.32 Å². The molecule has 0 aliphatic rings. The summed E-state index contributed by atoms with van der Waals surface area (Å²) in [5, 5.41) is 3.28. The maximum Gasteiger partial charge on any atom is 0.338 e. The number of carbonyl (C=O) groups excluding carboxylic acids is 2. The topological polar surface area (TPSA) is 89.5 Å². The summed E-state index contributed by atoms with van der Waals surface area (Å²) in [6.45, 7) is 1.26. The average molecular weight is 462 g/mol. The summed E-state index contributed by atoms with van der Waals surface area (Å²) in [4.78, 5) is 25.2. The second-order valence-corrected chi connectivity index (χ2v) is 9.82. The lowest BCUT2D eigenvalue weighted by Gasteiger charge is -2.18. The minimum atomic E-state index is -3.93. The zero-order valence-corrected chi connectivity index (χ0v) is 18.4. The zero-order valence-electron chi connectivity index (χ0n) is 16.8. The summed E-state index contributed by atoms with van der Waals surface area (Å²) in [5.41, 5.74) is 0.364. The van der Waals surface area contributed by atoms with E-state index in [1.165, 1.54) is 49.6 Å². The second kappa shape index (κ2) is 9.40. The van der Waals surface area contributed by atoms with Gasteiger partial charge >= 0.3 is 5.97 Å². The van der Waals surface area contributed by atoms with Gasteiger partial charge in [-0.2, -0.15) is 0 Å². The maximum absolute atomic E-state index is 13.6. The lowest BCUT2D eigenvalue weighted by Crippen LogP contribution is -2.32. The Morgan fingerprint density at radius 2 is 1.81 bits per heavy atom. The van der Waals surface area contributed by atoms with Crippen molar-refractivity contribution in [2.75, 3.05) is 13.7 Å².